The van der Waals surface area contributed by atoms with Gasteiger partial charge in [0.25, 0.3) is 5.91 Å². The van der Waals surface area contributed by atoms with Gasteiger partial charge >= 0.3 is 12.1 Å². The number of thiazole rings is 1. The zero-order valence-electron chi connectivity index (χ0n) is 11.1. The van der Waals surface area contributed by atoms with Crippen molar-refractivity contribution in [1.29, 1.82) is 0 Å². The van der Waals surface area contributed by atoms with Gasteiger partial charge in [-0.2, -0.15) is 13.2 Å². The van der Waals surface area contributed by atoms with E-state index in [0.29, 0.717) is 11.3 Å². The van der Waals surface area contributed by atoms with Gasteiger partial charge in [-0.1, -0.05) is 6.92 Å². The molecule has 1 aromatic rings. The van der Waals surface area contributed by atoms with Crippen LogP contribution in [-0.4, -0.2) is 39.5 Å². The van der Waals surface area contributed by atoms with Crippen molar-refractivity contribution in [2.45, 2.75) is 32.0 Å². The first-order valence-corrected chi connectivity index (χ1v) is 7.14. The molecule has 1 amide bonds. The van der Waals surface area contributed by atoms with E-state index in [1.807, 2.05) is 0 Å². The molecule has 1 aromatic heterocycles. The highest BCUT2D eigenvalue weighted by atomic mass is 32.1. The number of hydrogen-bond acceptors (Lipinski definition) is 4. The van der Waals surface area contributed by atoms with Crippen LogP contribution in [0.15, 0.2) is 5.38 Å². The van der Waals surface area contributed by atoms with Crippen molar-refractivity contribution in [1.82, 2.24) is 9.88 Å². The van der Waals surface area contributed by atoms with Gasteiger partial charge in [0, 0.05) is 18.0 Å². The molecular formula is C12H13F3N2O3S. The van der Waals surface area contributed by atoms with Gasteiger partial charge in [-0.05, 0) is 12.8 Å². The maximum atomic E-state index is 12.5. The van der Waals surface area contributed by atoms with Gasteiger partial charge in [0.1, 0.15) is 5.69 Å². The normalized spacial score (nSPS) is 16.6. The Hall–Kier alpha value is -1.64. The Balaban J connectivity index is 2.15. The van der Waals surface area contributed by atoms with Crippen LogP contribution in [0.1, 0.15) is 35.3 Å². The van der Waals surface area contributed by atoms with Crippen LogP contribution in [0.5, 0.6) is 0 Å². The summed E-state index contributed by atoms with van der Waals surface area (Å²) in [5, 5.41) is 8.88. The highest BCUT2D eigenvalue weighted by molar-refractivity contribution is 7.09. The highest BCUT2D eigenvalue weighted by Crippen LogP contribution is 2.33. The molecule has 1 N–H and O–H groups in total. The van der Waals surface area contributed by atoms with E-state index < -0.39 is 29.0 Å². The number of aliphatic carboxylic acids is 1. The van der Waals surface area contributed by atoms with Crippen molar-refractivity contribution in [3.05, 3.63) is 16.1 Å². The minimum Gasteiger partial charge on any atom is -0.481 e. The number of amides is 1. The molecule has 0 spiro atoms. The van der Waals surface area contributed by atoms with Crippen LogP contribution < -0.4 is 0 Å². The summed E-state index contributed by atoms with van der Waals surface area (Å²) in [6.07, 6.45) is -3.12. The van der Waals surface area contributed by atoms with Gasteiger partial charge in [-0.25, -0.2) is 4.98 Å². The number of hydrogen-bond donors (Lipinski definition) is 1. The van der Waals surface area contributed by atoms with Gasteiger partial charge in [-0.3, -0.25) is 9.59 Å². The number of carboxylic acids is 1. The van der Waals surface area contributed by atoms with Crippen molar-refractivity contribution >= 4 is 23.2 Å². The zero-order chi connectivity index (χ0) is 15.8. The lowest BCUT2D eigenvalue weighted by Crippen LogP contribution is -2.38. The average Bonchev–Trinajstić information content (AvgIpc) is 3.08. The van der Waals surface area contributed by atoms with E-state index in [1.54, 1.807) is 0 Å². The summed E-state index contributed by atoms with van der Waals surface area (Å²) in [7, 11) is 0. The maximum Gasteiger partial charge on any atom is 0.443 e. The second kappa shape index (κ2) is 5.63. The summed E-state index contributed by atoms with van der Waals surface area (Å²) >= 11 is 0.360. The van der Waals surface area contributed by atoms with E-state index in [-0.39, 0.29) is 18.3 Å². The van der Waals surface area contributed by atoms with E-state index in [2.05, 4.69) is 4.98 Å². The monoisotopic (exact) mass is 322 g/mol. The first kappa shape index (κ1) is 15.7. The second-order valence-electron chi connectivity index (χ2n) is 4.96. The van der Waals surface area contributed by atoms with Crippen LogP contribution in [0.2, 0.25) is 0 Å². The van der Waals surface area contributed by atoms with Crippen molar-refractivity contribution < 1.29 is 27.9 Å². The van der Waals surface area contributed by atoms with Crippen LogP contribution in [0.3, 0.4) is 0 Å². The molecule has 1 saturated carbocycles. The standard InChI is InChI=1S/C12H13F3N2O3S/c1-6(10(19)20)4-17(7-2-3-7)9(18)8-5-21-11(16-8)12(13,14)15/h5-7H,2-4H2,1H3,(H,19,20). The minimum absolute atomic E-state index is 0.0300. The maximum absolute atomic E-state index is 12.5. The van der Waals surface area contributed by atoms with Gasteiger partial charge in [0.2, 0.25) is 0 Å². The molecule has 0 aliphatic heterocycles. The molecule has 1 aliphatic carbocycles. The molecule has 1 atom stereocenters. The molecular weight excluding hydrogens is 309 g/mol. The van der Waals surface area contributed by atoms with Crippen molar-refractivity contribution in [3.63, 3.8) is 0 Å². The molecule has 5 nitrogen and oxygen atoms in total. The SMILES string of the molecule is CC(CN(C(=O)c1csc(C(F)(F)F)n1)C1CC1)C(=O)O. The van der Waals surface area contributed by atoms with Gasteiger partial charge in [0.05, 0.1) is 5.92 Å². The van der Waals surface area contributed by atoms with E-state index >= 15 is 0 Å². The summed E-state index contributed by atoms with van der Waals surface area (Å²) < 4.78 is 37.5. The first-order valence-electron chi connectivity index (χ1n) is 6.26. The van der Waals surface area contributed by atoms with Crippen LogP contribution in [-0.2, 0) is 11.0 Å². The third kappa shape index (κ3) is 3.72. The molecule has 0 radical (unpaired) electrons. The lowest BCUT2D eigenvalue weighted by atomic mass is 10.1. The lowest BCUT2D eigenvalue weighted by molar-refractivity contribution is -0.141. The van der Waals surface area contributed by atoms with E-state index in [9.17, 15) is 22.8 Å². The lowest BCUT2D eigenvalue weighted by Gasteiger charge is -2.23. The molecule has 1 aliphatic rings. The first-order chi connectivity index (χ1) is 9.70. The Kier molecular flexibility index (Phi) is 4.22. The summed E-state index contributed by atoms with van der Waals surface area (Å²) in [6.45, 7) is 1.42. The number of nitrogens with zero attached hydrogens (tertiary/aromatic N) is 2. The molecule has 1 unspecified atom stereocenters. The Bertz CT molecular complexity index is 554. The Morgan fingerprint density at radius 3 is 2.57 bits per heavy atom. The third-order valence-corrected chi connectivity index (χ3v) is 3.99. The average molecular weight is 322 g/mol. The smallest absolute Gasteiger partial charge is 0.443 e. The predicted octanol–water partition coefficient (Wildman–Crippen LogP) is 2.49. The predicted molar refractivity (Wildman–Crippen MR) is 68.0 cm³/mol. The molecule has 9 heteroatoms. The highest BCUT2D eigenvalue weighted by Gasteiger charge is 2.38. The third-order valence-electron chi connectivity index (χ3n) is 3.11. The summed E-state index contributed by atoms with van der Waals surface area (Å²) in [5.74, 6) is -2.48. The fraction of sp³-hybridized carbons (Fsp3) is 0.583. The van der Waals surface area contributed by atoms with E-state index in [0.717, 1.165) is 18.2 Å². The number of aromatic nitrogens is 1. The number of alkyl halides is 3. The Labute approximate surface area is 122 Å². The van der Waals surface area contributed by atoms with Gasteiger partial charge < -0.3 is 10.0 Å². The van der Waals surface area contributed by atoms with Gasteiger partial charge in [-0.15, -0.1) is 11.3 Å². The van der Waals surface area contributed by atoms with Crippen molar-refractivity contribution in [2.24, 2.45) is 5.92 Å². The molecule has 0 saturated heterocycles. The van der Waals surface area contributed by atoms with E-state index in [4.69, 9.17) is 5.11 Å². The minimum atomic E-state index is -4.58. The number of carbonyl (C=O) groups is 2. The summed E-state index contributed by atoms with van der Waals surface area (Å²) in [4.78, 5) is 27.7. The number of rotatable bonds is 5. The molecule has 116 valence electrons. The fourth-order valence-corrected chi connectivity index (χ4v) is 2.47. The number of carboxylic acid groups (broad SMARTS) is 1. The quantitative estimate of drug-likeness (QED) is 0.904. The Morgan fingerprint density at radius 1 is 1.52 bits per heavy atom. The zero-order valence-corrected chi connectivity index (χ0v) is 11.9. The summed E-state index contributed by atoms with van der Waals surface area (Å²) in [6, 6.07) is -0.102. The Morgan fingerprint density at radius 2 is 2.14 bits per heavy atom. The molecule has 2 rings (SSSR count). The molecule has 21 heavy (non-hydrogen) atoms. The van der Waals surface area contributed by atoms with E-state index in [1.165, 1.54) is 11.8 Å². The van der Waals surface area contributed by atoms with Crippen LogP contribution in [0, 0.1) is 5.92 Å². The van der Waals surface area contributed by atoms with Crippen LogP contribution in [0.25, 0.3) is 0 Å². The molecule has 1 fully saturated rings. The molecule has 1 heterocycles. The topological polar surface area (TPSA) is 70.5 Å². The largest absolute Gasteiger partial charge is 0.481 e. The van der Waals surface area contributed by atoms with Gasteiger partial charge in [0.15, 0.2) is 5.01 Å². The molecule has 0 bridgehead atoms. The van der Waals surface area contributed by atoms with Crippen LogP contribution in [0.4, 0.5) is 13.2 Å². The van der Waals surface area contributed by atoms with Crippen molar-refractivity contribution in [3.8, 4) is 0 Å². The van der Waals surface area contributed by atoms with Crippen LogP contribution >= 0.6 is 11.3 Å². The number of carbonyl (C=O) groups excluding carboxylic acids is 1. The number of halogens is 3. The van der Waals surface area contributed by atoms with Crippen molar-refractivity contribution in [2.75, 3.05) is 6.54 Å². The second-order valence-corrected chi connectivity index (χ2v) is 5.82. The fourth-order valence-electron chi connectivity index (χ4n) is 1.81. The summed E-state index contributed by atoms with van der Waals surface area (Å²) in [5.41, 5.74) is -0.281. The molecule has 0 aromatic carbocycles.